The van der Waals surface area contributed by atoms with Crippen LogP contribution in [0.15, 0.2) is 84.9 Å². The molecule has 0 aliphatic heterocycles. The maximum absolute atomic E-state index is 13.2. The predicted octanol–water partition coefficient (Wildman–Crippen LogP) is 2.71. The molecule has 0 unspecified atom stereocenters. The van der Waals surface area contributed by atoms with Gasteiger partial charge in [0.25, 0.3) is 5.91 Å². The van der Waals surface area contributed by atoms with Crippen LogP contribution in [0.5, 0.6) is 0 Å². The lowest BCUT2D eigenvalue weighted by molar-refractivity contribution is -0.124. The average Bonchev–Trinajstić information content (AvgIpc) is 2.84. The van der Waals surface area contributed by atoms with Gasteiger partial charge in [-0.15, -0.1) is 0 Å². The summed E-state index contributed by atoms with van der Waals surface area (Å²) in [4.78, 5) is 37.3. The van der Waals surface area contributed by atoms with E-state index in [9.17, 15) is 19.5 Å². The van der Waals surface area contributed by atoms with Crippen LogP contribution in [0.4, 0.5) is 5.69 Å². The van der Waals surface area contributed by atoms with Gasteiger partial charge in [0, 0.05) is 24.6 Å². The number of benzene rings is 3. The Kier molecular flexibility index (Phi) is 8.94. The second-order valence-corrected chi connectivity index (χ2v) is 8.05. The molecule has 3 amide bonds. The van der Waals surface area contributed by atoms with Crippen molar-refractivity contribution in [3.8, 4) is 0 Å². The van der Waals surface area contributed by atoms with Gasteiger partial charge in [0.05, 0.1) is 12.6 Å². The molecule has 0 aliphatic rings. The molecule has 0 radical (unpaired) electrons. The van der Waals surface area contributed by atoms with Gasteiger partial charge in [-0.2, -0.15) is 0 Å². The number of anilines is 1. The van der Waals surface area contributed by atoms with E-state index in [1.807, 2.05) is 60.7 Å². The van der Waals surface area contributed by atoms with E-state index in [1.165, 1.54) is 6.92 Å². The molecule has 0 bridgehead atoms. The quantitative estimate of drug-likeness (QED) is 0.374. The van der Waals surface area contributed by atoms with Crippen LogP contribution in [0, 0.1) is 0 Å². The first-order valence-electron chi connectivity index (χ1n) is 11.1. The normalized spacial score (nSPS) is 12.3. The number of aliphatic hydroxyl groups excluding tert-OH is 1. The molecular weight excluding hydrogens is 430 g/mol. The molecule has 0 fully saturated rings. The Morgan fingerprint density at radius 1 is 0.765 bits per heavy atom. The molecule has 0 aliphatic carbocycles. The second-order valence-electron chi connectivity index (χ2n) is 8.05. The van der Waals surface area contributed by atoms with Gasteiger partial charge in [0.1, 0.15) is 6.04 Å². The van der Waals surface area contributed by atoms with Gasteiger partial charge in [-0.05, 0) is 41.8 Å². The summed E-state index contributed by atoms with van der Waals surface area (Å²) >= 11 is 0. The number of carbonyl (C=O) groups excluding carboxylic acids is 3. The Bertz CT molecular complexity index is 1090. The maximum Gasteiger partial charge on any atom is 0.251 e. The van der Waals surface area contributed by atoms with E-state index in [0.29, 0.717) is 24.1 Å². The van der Waals surface area contributed by atoms with Crippen molar-refractivity contribution < 1.29 is 19.5 Å². The third-order valence-corrected chi connectivity index (χ3v) is 5.26. The molecular formula is C27H29N3O4. The standard InChI is InChI=1S/C27H29N3O4/c1-19(32)28-23-14-12-22(13-15-23)26(33)30-25(17-21-10-6-3-7-11-21)27(34)29-24(18-31)16-20-8-4-2-5-9-20/h2-15,24-25,31H,16-18H2,1H3,(H,28,32)(H,29,34)(H,30,33)/t24-,25-/m0/s1. The van der Waals surface area contributed by atoms with E-state index >= 15 is 0 Å². The summed E-state index contributed by atoms with van der Waals surface area (Å²) < 4.78 is 0. The number of amides is 3. The summed E-state index contributed by atoms with van der Waals surface area (Å²) in [5.74, 6) is -0.984. The first kappa shape index (κ1) is 24.7. The lowest BCUT2D eigenvalue weighted by Crippen LogP contribution is -2.52. The molecule has 0 saturated carbocycles. The van der Waals surface area contributed by atoms with E-state index in [1.54, 1.807) is 24.3 Å². The van der Waals surface area contributed by atoms with Crippen LogP contribution in [0.3, 0.4) is 0 Å². The minimum absolute atomic E-state index is 0.203. The van der Waals surface area contributed by atoms with E-state index < -0.39 is 18.0 Å². The van der Waals surface area contributed by atoms with Crippen molar-refractivity contribution in [1.29, 1.82) is 0 Å². The van der Waals surface area contributed by atoms with Crippen molar-refractivity contribution in [3.63, 3.8) is 0 Å². The van der Waals surface area contributed by atoms with Crippen LogP contribution >= 0.6 is 0 Å². The number of aliphatic hydroxyl groups is 1. The van der Waals surface area contributed by atoms with Crippen LogP contribution in [0.1, 0.15) is 28.4 Å². The van der Waals surface area contributed by atoms with Gasteiger partial charge >= 0.3 is 0 Å². The Morgan fingerprint density at radius 2 is 1.32 bits per heavy atom. The number of rotatable bonds is 10. The summed E-state index contributed by atoms with van der Waals surface area (Å²) in [7, 11) is 0. The van der Waals surface area contributed by atoms with Crippen LogP contribution in [0.25, 0.3) is 0 Å². The van der Waals surface area contributed by atoms with Crippen molar-refractivity contribution in [1.82, 2.24) is 10.6 Å². The van der Waals surface area contributed by atoms with Gasteiger partial charge in [0.2, 0.25) is 11.8 Å². The molecule has 2 atom stereocenters. The van der Waals surface area contributed by atoms with Gasteiger partial charge < -0.3 is 21.1 Å². The molecule has 0 heterocycles. The SMILES string of the molecule is CC(=O)Nc1ccc(C(=O)N[C@@H](Cc2ccccc2)C(=O)N[C@H](CO)Cc2ccccc2)cc1. The highest BCUT2D eigenvalue weighted by atomic mass is 16.3. The summed E-state index contributed by atoms with van der Waals surface area (Å²) in [6.45, 7) is 1.18. The molecule has 3 aromatic rings. The third kappa shape index (κ3) is 7.56. The van der Waals surface area contributed by atoms with Gasteiger partial charge in [-0.25, -0.2) is 0 Å². The van der Waals surface area contributed by atoms with Crippen molar-refractivity contribution in [2.45, 2.75) is 31.8 Å². The number of hydrogen-bond acceptors (Lipinski definition) is 4. The number of hydrogen-bond donors (Lipinski definition) is 4. The molecule has 0 spiro atoms. The summed E-state index contributed by atoms with van der Waals surface area (Å²) in [6, 6.07) is 24.1. The lowest BCUT2D eigenvalue weighted by Gasteiger charge is -2.23. The highest BCUT2D eigenvalue weighted by Gasteiger charge is 2.24. The molecule has 7 nitrogen and oxygen atoms in total. The molecule has 176 valence electrons. The van der Waals surface area contributed by atoms with Crippen molar-refractivity contribution >= 4 is 23.4 Å². The molecule has 3 aromatic carbocycles. The first-order valence-corrected chi connectivity index (χ1v) is 11.1. The lowest BCUT2D eigenvalue weighted by atomic mass is 10.0. The van der Waals surface area contributed by atoms with Gasteiger partial charge in [-0.3, -0.25) is 14.4 Å². The smallest absolute Gasteiger partial charge is 0.251 e. The Balaban J connectivity index is 1.72. The van der Waals surface area contributed by atoms with E-state index in [0.717, 1.165) is 11.1 Å². The second kappa shape index (κ2) is 12.3. The zero-order chi connectivity index (χ0) is 24.3. The molecule has 0 saturated heterocycles. The molecule has 34 heavy (non-hydrogen) atoms. The van der Waals surface area contributed by atoms with E-state index in [-0.39, 0.29) is 18.4 Å². The summed E-state index contributed by atoms with van der Waals surface area (Å²) in [5.41, 5.74) is 2.83. The fraction of sp³-hybridized carbons (Fsp3) is 0.222. The highest BCUT2D eigenvalue weighted by molar-refractivity contribution is 5.98. The Labute approximate surface area is 199 Å². The molecule has 3 rings (SSSR count). The minimum atomic E-state index is -0.838. The van der Waals surface area contributed by atoms with Crippen LogP contribution in [0.2, 0.25) is 0 Å². The Morgan fingerprint density at radius 3 is 1.85 bits per heavy atom. The fourth-order valence-electron chi connectivity index (χ4n) is 3.57. The molecule has 4 N–H and O–H groups in total. The van der Waals surface area contributed by atoms with Crippen LogP contribution in [-0.2, 0) is 22.4 Å². The predicted molar refractivity (Wildman–Crippen MR) is 131 cm³/mol. The van der Waals surface area contributed by atoms with Crippen molar-refractivity contribution in [3.05, 3.63) is 102 Å². The number of nitrogens with one attached hydrogen (secondary N) is 3. The largest absolute Gasteiger partial charge is 0.394 e. The van der Waals surface area contributed by atoms with Gasteiger partial charge in [-0.1, -0.05) is 60.7 Å². The highest BCUT2D eigenvalue weighted by Crippen LogP contribution is 2.11. The molecule has 0 aromatic heterocycles. The summed E-state index contributed by atoms with van der Waals surface area (Å²) in [6.07, 6.45) is 0.769. The van der Waals surface area contributed by atoms with E-state index in [4.69, 9.17) is 0 Å². The zero-order valence-corrected chi connectivity index (χ0v) is 19.0. The minimum Gasteiger partial charge on any atom is -0.394 e. The summed E-state index contributed by atoms with van der Waals surface area (Å²) in [5, 5.41) is 18.2. The average molecular weight is 460 g/mol. The van der Waals surface area contributed by atoms with Crippen molar-refractivity contribution in [2.24, 2.45) is 0 Å². The molecule has 7 heteroatoms. The topological polar surface area (TPSA) is 108 Å². The zero-order valence-electron chi connectivity index (χ0n) is 19.0. The van der Waals surface area contributed by atoms with Gasteiger partial charge in [0.15, 0.2) is 0 Å². The van der Waals surface area contributed by atoms with E-state index in [2.05, 4.69) is 16.0 Å². The van der Waals surface area contributed by atoms with Crippen LogP contribution in [-0.4, -0.2) is 41.5 Å². The monoisotopic (exact) mass is 459 g/mol. The third-order valence-electron chi connectivity index (χ3n) is 5.26. The number of carbonyl (C=O) groups is 3. The van der Waals surface area contributed by atoms with Crippen molar-refractivity contribution in [2.75, 3.05) is 11.9 Å². The Hall–Kier alpha value is -3.97. The van der Waals surface area contributed by atoms with Crippen LogP contribution < -0.4 is 16.0 Å². The maximum atomic E-state index is 13.2. The first-order chi connectivity index (χ1) is 16.4. The fourth-order valence-corrected chi connectivity index (χ4v) is 3.57.